The van der Waals surface area contributed by atoms with Gasteiger partial charge in [0.25, 0.3) is 0 Å². The average molecular weight is 1150 g/mol. The topological polar surface area (TPSA) is 52.1 Å². The maximum Gasteiger partial charge on any atom is 0.143 e. The van der Waals surface area contributed by atoms with Crippen LogP contribution in [-0.2, 0) is 0 Å². The van der Waals surface area contributed by atoms with Gasteiger partial charge in [-0.3, -0.25) is 9.97 Å². The second-order valence-electron chi connectivity index (χ2n) is 23.0. The van der Waals surface area contributed by atoms with Gasteiger partial charge in [0, 0.05) is 61.8 Å². The molecule has 0 bridgehead atoms. The molecule has 0 fully saturated rings. The Hall–Kier alpha value is -12.0. The fourth-order valence-corrected chi connectivity index (χ4v) is 13.6. The number of hydrogen-bond donors (Lipinski definition) is 0. The Bertz CT molecular complexity index is 5610. The summed E-state index contributed by atoms with van der Waals surface area (Å²) in [6, 6.07) is 112. The van der Waals surface area contributed by atoms with Gasteiger partial charge in [0.2, 0.25) is 0 Å². The van der Waals surface area contributed by atoms with Crippen molar-refractivity contribution in [2.75, 3.05) is 0 Å². The van der Waals surface area contributed by atoms with Crippen molar-refractivity contribution in [3.8, 4) is 89.3 Å². The van der Waals surface area contributed by atoms with E-state index in [0.29, 0.717) is 0 Å². The van der Waals surface area contributed by atoms with Crippen molar-refractivity contribution in [1.29, 1.82) is 0 Å². The molecule has 4 heterocycles. The minimum atomic E-state index is 0.891. The Kier molecular flexibility index (Phi) is 12.8. The third-order valence-electron chi connectivity index (χ3n) is 17.9. The first kappa shape index (κ1) is 52.4. The lowest BCUT2D eigenvalue weighted by atomic mass is 9.87. The zero-order chi connectivity index (χ0) is 59.5. The van der Waals surface area contributed by atoms with Crippen LogP contribution in [0.3, 0.4) is 0 Å². The van der Waals surface area contributed by atoms with Crippen molar-refractivity contribution in [3.05, 3.63) is 328 Å². The van der Waals surface area contributed by atoms with Crippen LogP contribution in [-0.4, -0.2) is 9.97 Å². The summed E-state index contributed by atoms with van der Waals surface area (Å²) < 4.78 is 12.5. The van der Waals surface area contributed by atoms with Gasteiger partial charge in [0.05, 0.1) is 11.4 Å². The highest BCUT2D eigenvalue weighted by Crippen LogP contribution is 2.47. The van der Waals surface area contributed by atoms with E-state index in [-0.39, 0.29) is 0 Å². The number of hydrogen-bond acceptors (Lipinski definition) is 4. The molecule has 0 spiro atoms. The highest BCUT2D eigenvalue weighted by molar-refractivity contribution is 6.23. The molecule has 18 aromatic rings. The number of rotatable bonds is 8. The number of benzene rings is 14. The standard InChI is InChI=1S/2C43H27NO/c1-2-11-28(12-3-1)29-21-23-30(24-22-29)41-34-14-4-6-16-36(34)42(37-17-7-5-15-35(37)41)39-26-25-31(27-44-39)32-18-10-19-38-33-13-8-9-20-40(33)45-43(32)38;1-2-10-28(11-3-1)29-18-20-30(21-19-29)42-35-13-4-6-15-37(35)43(38-16-7-5-14-36(38)42)39-25-23-32(27-44-39)31-22-24-34-33-12-8-9-17-40(33)45-41(34)26-31/h2*1-27H. The van der Waals surface area contributed by atoms with E-state index in [0.717, 1.165) is 88.6 Å². The molecular weight excluding hydrogens is 1090 g/mol. The monoisotopic (exact) mass is 1150 g/mol. The van der Waals surface area contributed by atoms with Crippen molar-refractivity contribution < 1.29 is 8.83 Å². The Morgan fingerprint density at radius 1 is 0.189 bits per heavy atom. The number of fused-ring (bicyclic) bond motifs is 10. The van der Waals surface area contributed by atoms with E-state index in [9.17, 15) is 0 Å². The molecule has 4 aromatic heterocycles. The van der Waals surface area contributed by atoms with Crippen LogP contribution in [0.1, 0.15) is 0 Å². The number of para-hydroxylation sites is 3. The van der Waals surface area contributed by atoms with E-state index in [1.165, 1.54) is 87.6 Å². The van der Waals surface area contributed by atoms with Crippen molar-refractivity contribution in [1.82, 2.24) is 9.97 Å². The van der Waals surface area contributed by atoms with Crippen molar-refractivity contribution >= 4 is 87.0 Å². The predicted molar refractivity (Wildman–Crippen MR) is 377 cm³/mol. The Balaban J connectivity index is 0.000000139. The van der Waals surface area contributed by atoms with Crippen molar-refractivity contribution in [2.24, 2.45) is 0 Å². The first-order valence-corrected chi connectivity index (χ1v) is 30.6. The van der Waals surface area contributed by atoms with E-state index in [1.54, 1.807) is 0 Å². The quantitative estimate of drug-likeness (QED) is 0.142. The molecular formula is C86H54N2O2. The maximum absolute atomic E-state index is 6.33. The molecule has 0 N–H and O–H groups in total. The normalized spacial score (nSPS) is 11.6. The summed E-state index contributed by atoms with van der Waals surface area (Å²) in [5.74, 6) is 0. The zero-order valence-corrected chi connectivity index (χ0v) is 48.9. The van der Waals surface area contributed by atoms with Gasteiger partial charge in [-0.25, -0.2) is 0 Å². The Morgan fingerprint density at radius 2 is 0.522 bits per heavy atom. The van der Waals surface area contributed by atoms with Gasteiger partial charge in [0.15, 0.2) is 0 Å². The molecule has 4 heteroatoms. The van der Waals surface area contributed by atoms with E-state index < -0.39 is 0 Å². The number of nitrogens with zero attached hydrogens (tertiary/aromatic N) is 2. The summed E-state index contributed by atoms with van der Waals surface area (Å²) >= 11 is 0. The van der Waals surface area contributed by atoms with Crippen LogP contribution in [0, 0.1) is 0 Å². The first-order chi connectivity index (χ1) is 44.6. The van der Waals surface area contributed by atoms with E-state index >= 15 is 0 Å². The summed E-state index contributed by atoms with van der Waals surface area (Å²) in [6.07, 6.45) is 3.97. The van der Waals surface area contributed by atoms with Crippen LogP contribution < -0.4 is 0 Å². The fraction of sp³-hybridized carbons (Fsp3) is 0. The molecule has 420 valence electrons. The van der Waals surface area contributed by atoms with Crippen LogP contribution in [0.5, 0.6) is 0 Å². The summed E-state index contributed by atoms with van der Waals surface area (Å²) in [7, 11) is 0. The number of pyridine rings is 2. The number of furan rings is 2. The summed E-state index contributed by atoms with van der Waals surface area (Å²) in [5, 5.41) is 14.2. The van der Waals surface area contributed by atoms with E-state index in [4.69, 9.17) is 18.8 Å². The van der Waals surface area contributed by atoms with Crippen LogP contribution in [0.2, 0.25) is 0 Å². The van der Waals surface area contributed by atoms with Crippen LogP contribution in [0.25, 0.3) is 176 Å². The molecule has 0 unspecified atom stereocenters. The second kappa shape index (κ2) is 22.1. The minimum Gasteiger partial charge on any atom is -0.456 e. The second-order valence-corrected chi connectivity index (χ2v) is 23.0. The molecule has 0 atom stereocenters. The molecule has 0 saturated carbocycles. The lowest BCUT2D eigenvalue weighted by Crippen LogP contribution is -1.93. The molecule has 0 radical (unpaired) electrons. The molecule has 0 saturated heterocycles. The average Bonchev–Trinajstić information content (AvgIpc) is 1.16. The third-order valence-corrected chi connectivity index (χ3v) is 17.9. The van der Waals surface area contributed by atoms with Gasteiger partial charge in [0.1, 0.15) is 22.3 Å². The third kappa shape index (κ3) is 9.08. The van der Waals surface area contributed by atoms with Crippen molar-refractivity contribution in [3.63, 3.8) is 0 Å². The lowest BCUT2D eigenvalue weighted by Gasteiger charge is -2.17. The summed E-state index contributed by atoms with van der Waals surface area (Å²) in [4.78, 5) is 10.2. The first-order valence-electron chi connectivity index (χ1n) is 30.6. The van der Waals surface area contributed by atoms with Crippen LogP contribution >= 0.6 is 0 Å². The largest absolute Gasteiger partial charge is 0.456 e. The SMILES string of the molecule is c1ccc(-c2ccc(-c3c4ccccc4c(-c4ccc(-c5ccc6c(c5)oc5ccccc56)cn4)c4ccccc34)cc2)cc1.c1ccc(-c2ccc(-c3c4ccccc4c(-c4ccc(-c5cccc6c5oc5ccccc56)cn4)c4ccccc34)cc2)cc1. The Morgan fingerprint density at radius 3 is 0.978 bits per heavy atom. The molecule has 4 nitrogen and oxygen atoms in total. The lowest BCUT2D eigenvalue weighted by molar-refractivity contribution is 0.669. The fourth-order valence-electron chi connectivity index (χ4n) is 13.6. The zero-order valence-electron chi connectivity index (χ0n) is 48.9. The van der Waals surface area contributed by atoms with Gasteiger partial charge in [-0.05, 0) is 130 Å². The minimum absolute atomic E-state index is 0.891. The maximum atomic E-state index is 6.33. The molecule has 14 aromatic carbocycles. The van der Waals surface area contributed by atoms with Gasteiger partial charge < -0.3 is 8.83 Å². The van der Waals surface area contributed by atoms with Crippen LogP contribution in [0.4, 0.5) is 0 Å². The Labute approximate surface area is 519 Å². The highest BCUT2D eigenvalue weighted by atomic mass is 16.3. The van der Waals surface area contributed by atoms with Crippen molar-refractivity contribution in [2.45, 2.75) is 0 Å². The van der Waals surface area contributed by atoms with Gasteiger partial charge in [-0.2, -0.15) is 0 Å². The molecule has 0 aliphatic carbocycles. The van der Waals surface area contributed by atoms with E-state index in [1.807, 2.05) is 36.7 Å². The smallest absolute Gasteiger partial charge is 0.143 e. The van der Waals surface area contributed by atoms with Gasteiger partial charge in [-0.1, -0.05) is 279 Å². The van der Waals surface area contributed by atoms with E-state index in [2.05, 4.69) is 291 Å². The molecule has 90 heavy (non-hydrogen) atoms. The number of aromatic nitrogens is 2. The molecule has 0 aliphatic heterocycles. The summed E-state index contributed by atoms with van der Waals surface area (Å²) in [6.45, 7) is 0. The van der Waals surface area contributed by atoms with Crippen LogP contribution in [0.15, 0.2) is 337 Å². The van der Waals surface area contributed by atoms with Gasteiger partial charge >= 0.3 is 0 Å². The highest BCUT2D eigenvalue weighted by Gasteiger charge is 2.21. The summed E-state index contributed by atoms with van der Waals surface area (Å²) in [5.41, 5.74) is 21.8. The predicted octanol–water partition coefficient (Wildman–Crippen LogP) is 23.9. The molecule has 18 rings (SSSR count). The molecule has 0 amide bonds. The van der Waals surface area contributed by atoms with Gasteiger partial charge in [-0.15, -0.1) is 0 Å². The molecule has 0 aliphatic rings.